The molecule has 0 aromatic heterocycles. The molecule has 0 aromatic carbocycles. The predicted molar refractivity (Wildman–Crippen MR) is 44.3 cm³/mol. The van der Waals surface area contributed by atoms with E-state index >= 15 is 0 Å². The summed E-state index contributed by atoms with van der Waals surface area (Å²) in [6, 6.07) is 0. The van der Waals surface area contributed by atoms with Crippen LogP contribution in [-0.4, -0.2) is 21.6 Å². The first kappa shape index (κ1) is 10.1. The molecular formula is C6H5Cl3O3. The van der Waals surface area contributed by atoms with Gasteiger partial charge in [-0.05, 0) is 0 Å². The molecule has 3 nitrogen and oxygen atoms in total. The fourth-order valence-electron chi connectivity index (χ4n) is 0.949. The Morgan fingerprint density at radius 1 is 1.33 bits per heavy atom. The van der Waals surface area contributed by atoms with Crippen molar-refractivity contribution in [3.63, 3.8) is 0 Å². The van der Waals surface area contributed by atoms with Gasteiger partial charge >= 0.3 is 5.97 Å². The van der Waals surface area contributed by atoms with Crippen LogP contribution in [0.2, 0.25) is 0 Å². The largest absolute Gasteiger partial charge is 0.451 e. The van der Waals surface area contributed by atoms with Gasteiger partial charge in [-0.3, -0.25) is 4.79 Å². The lowest BCUT2D eigenvalue weighted by molar-refractivity contribution is -0.148. The number of ketones is 1. The minimum Gasteiger partial charge on any atom is -0.451 e. The molecule has 0 bridgehead atoms. The van der Waals surface area contributed by atoms with E-state index in [4.69, 9.17) is 34.8 Å². The van der Waals surface area contributed by atoms with Gasteiger partial charge in [-0.15, -0.1) is 0 Å². The molecule has 1 heterocycles. The summed E-state index contributed by atoms with van der Waals surface area (Å²) in [5.41, 5.74) is 0. The molecule has 68 valence electrons. The highest BCUT2D eigenvalue weighted by Crippen LogP contribution is 2.39. The van der Waals surface area contributed by atoms with E-state index in [1.807, 2.05) is 0 Å². The van der Waals surface area contributed by atoms with Gasteiger partial charge < -0.3 is 4.74 Å². The van der Waals surface area contributed by atoms with E-state index in [0.29, 0.717) is 0 Å². The average Bonchev–Trinajstić information content (AvgIpc) is 2.15. The smallest absolute Gasteiger partial charge is 0.375 e. The lowest BCUT2D eigenvalue weighted by Crippen LogP contribution is -2.31. The molecule has 0 spiro atoms. The standard InChI is InChI=1S/C6H5Cl3O3/c1-2-3(10)5(11)12-4(2)6(7,8)9/h2,4H,1H3/t2-,4-/m1/s1. The van der Waals surface area contributed by atoms with Crippen molar-refractivity contribution in [2.75, 3.05) is 0 Å². The van der Waals surface area contributed by atoms with Crippen molar-refractivity contribution in [2.45, 2.75) is 16.8 Å². The molecule has 0 saturated carbocycles. The van der Waals surface area contributed by atoms with Crippen molar-refractivity contribution in [1.29, 1.82) is 0 Å². The van der Waals surface area contributed by atoms with Crippen LogP contribution >= 0.6 is 34.8 Å². The van der Waals surface area contributed by atoms with E-state index in [1.54, 1.807) is 0 Å². The maximum Gasteiger partial charge on any atom is 0.375 e. The molecular weight excluding hydrogens is 226 g/mol. The zero-order valence-corrected chi connectivity index (χ0v) is 8.28. The van der Waals surface area contributed by atoms with Crippen LogP contribution in [0.3, 0.4) is 0 Å². The highest BCUT2D eigenvalue weighted by Gasteiger charge is 2.50. The number of alkyl halides is 3. The van der Waals surface area contributed by atoms with Crippen LogP contribution in [0.25, 0.3) is 0 Å². The van der Waals surface area contributed by atoms with Crippen LogP contribution in [0, 0.1) is 5.92 Å². The van der Waals surface area contributed by atoms with Gasteiger partial charge in [0.25, 0.3) is 0 Å². The second-order valence-electron chi connectivity index (χ2n) is 2.52. The molecule has 1 saturated heterocycles. The van der Waals surface area contributed by atoms with Crippen molar-refractivity contribution in [3.05, 3.63) is 0 Å². The Balaban J connectivity index is 2.85. The van der Waals surface area contributed by atoms with Crippen LogP contribution in [0.1, 0.15) is 6.92 Å². The topological polar surface area (TPSA) is 43.4 Å². The molecule has 2 atom stereocenters. The second-order valence-corrected chi connectivity index (χ2v) is 4.89. The number of Topliss-reactive ketones (excluding diaryl/α,β-unsaturated/α-hetero) is 1. The summed E-state index contributed by atoms with van der Waals surface area (Å²) in [7, 11) is 0. The summed E-state index contributed by atoms with van der Waals surface area (Å²) in [4.78, 5) is 21.6. The van der Waals surface area contributed by atoms with Gasteiger partial charge in [-0.1, -0.05) is 41.7 Å². The normalized spacial score (nSPS) is 30.7. The van der Waals surface area contributed by atoms with Crippen LogP contribution in [-0.2, 0) is 14.3 Å². The predicted octanol–water partition coefficient (Wildman–Crippen LogP) is 1.49. The van der Waals surface area contributed by atoms with E-state index in [0.717, 1.165) is 0 Å². The van der Waals surface area contributed by atoms with Crippen molar-refractivity contribution < 1.29 is 14.3 Å². The third-order valence-corrected chi connectivity index (χ3v) is 2.27. The third kappa shape index (κ3) is 1.68. The fraction of sp³-hybridized carbons (Fsp3) is 0.667. The number of halogens is 3. The Labute approximate surface area is 83.9 Å². The average molecular weight is 231 g/mol. The van der Waals surface area contributed by atoms with E-state index in [9.17, 15) is 9.59 Å². The van der Waals surface area contributed by atoms with Gasteiger partial charge in [-0.25, -0.2) is 4.79 Å². The highest BCUT2D eigenvalue weighted by molar-refractivity contribution is 6.68. The maximum atomic E-state index is 10.9. The monoisotopic (exact) mass is 230 g/mol. The number of hydrogen-bond donors (Lipinski definition) is 0. The second kappa shape index (κ2) is 3.05. The molecule has 0 unspecified atom stereocenters. The maximum absolute atomic E-state index is 10.9. The molecule has 1 fully saturated rings. The van der Waals surface area contributed by atoms with Crippen molar-refractivity contribution in [3.8, 4) is 0 Å². The van der Waals surface area contributed by atoms with Crippen molar-refractivity contribution in [2.24, 2.45) is 5.92 Å². The van der Waals surface area contributed by atoms with Gasteiger partial charge in [0.1, 0.15) is 0 Å². The molecule has 1 aliphatic rings. The lowest BCUT2D eigenvalue weighted by atomic mass is 10.0. The van der Waals surface area contributed by atoms with Gasteiger partial charge in [0, 0.05) is 0 Å². The number of hydrogen-bond acceptors (Lipinski definition) is 3. The fourth-order valence-corrected chi connectivity index (χ4v) is 1.65. The van der Waals surface area contributed by atoms with E-state index < -0.39 is 27.6 Å². The van der Waals surface area contributed by atoms with Crippen LogP contribution in [0.5, 0.6) is 0 Å². The molecule has 12 heavy (non-hydrogen) atoms. The van der Waals surface area contributed by atoms with Crippen molar-refractivity contribution >= 4 is 46.6 Å². The third-order valence-electron chi connectivity index (χ3n) is 1.63. The summed E-state index contributed by atoms with van der Waals surface area (Å²) >= 11 is 16.4. The molecule has 0 radical (unpaired) electrons. The van der Waals surface area contributed by atoms with Crippen molar-refractivity contribution in [1.82, 2.24) is 0 Å². The number of carbonyl (C=O) groups is 2. The Kier molecular flexibility index (Phi) is 2.57. The number of esters is 1. The van der Waals surface area contributed by atoms with E-state index in [2.05, 4.69) is 4.74 Å². The van der Waals surface area contributed by atoms with Gasteiger partial charge in [-0.2, -0.15) is 0 Å². The zero-order chi connectivity index (χ0) is 9.52. The molecule has 0 aromatic rings. The summed E-state index contributed by atoms with van der Waals surface area (Å²) in [6.45, 7) is 1.49. The van der Waals surface area contributed by atoms with Crippen LogP contribution in [0.15, 0.2) is 0 Å². The first-order valence-electron chi connectivity index (χ1n) is 3.15. The number of ether oxygens (including phenoxy) is 1. The summed E-state index contributed by atoms with van der Waals surface area (Å²) in [6.07, 6.45) is -0.970. The Morgan fingerprint density at radius 2 is 1.83 bits per heavy atom. The van der Waals surface area contributed by atoms with E-state index in [1.165, 1.54) is 6.92 Å². The zero-order valence-electron chi connectivity index (χ0n) is 6.01. The SMILES string of the molecule is C[C@@H]1C(=O)C(=O)O[C@H]1C(Cl)(Cl)Cl. The molecule has 0 amide bonds. The van der Waals surface area contributed by atoms with Gasteiger partial charge in [0.2, 0.25) is 9.58 Å². The lowest BCUT2D eigenvalue weighted by Gasteiger charge is -2.20. The molecule has 1 aliphatic heterocycles. The van der Waals surface area contributed by atoms with E-state index in [-0.39, 0.29) is 0 Å². The first-order valence-corrected chi connectivity index (χ1v) is 4.29. The first-order chi connectivity index (χ1) is 5.34. The molecule has 0 aliphatic carbocycles. The Bertz CT molecular complexity index is 233. The van der Waals surface area contributed by atoms with Gasteiger partial charge in [0.05, 0.1) is 5.92 Å². The Morgan fingerprint density at radius 3 is 2.00 bits per heavy atom. The summed E-state index contributed by atoms with van der Waals surface area (Å²) in [5, 5.41) is 0. The molecule has 1 rings (SSSR count). The van der Waals surface area contributed by atoms with Crippen LogP contribution < -0.4 is 0 Å². The molecule has 6 heteroatoms. The molecule has 0 N–H and O–H groups in total. The number of rotatable bonds is 0. The van der Waals surface area contributed by atoms with Gasteiger partial charge in [0.15, 0.2) is 6.10 Å². The number of cyclic esters (lactones) is 1. The minimum absolute atomic E-state index is 0.647. The quantitative estimate of drug-likeness (QED) is 0.360. The highest BCUT2D eigenvalue weighted by atomic mass is 35.6. The van der Waals surface area contributed by atoms with Crippen LogP contribution in [0.4, 0.5) is 0 Å². The minimum atomic E-state index is -1.73. The summed E-state index contributed by atoms with van der Waals surface area (Å²) in [5.74, 6) is -2.27. The summed E-state index contributed by atoms with van der Waals surface area (Å²) < 4.78 is 2.83. The Hall–Kier alpha value is 0.01000. The number of carbonyl (C=O) groups excluding carboxylic acids is 2.